The number of benzene rings is 2. The zero-order valence-electron chi connectivity index (χ0n) is 16.8. The van der Waals surface area contributed by atoms with Crippen LogP contribution in [0, 0.1) is 13.8 Å². The molecule has 29 heavy (non-hydrogen) atoms. The number of aryl methyl sites for hydroxylation is 2. The first-order valence-corrected chi connectivity index (χ1v) is 9.96. The summed E-state index contributed by atoms with van der Waals surface area (Å²) in [5.74, 6) is 1.37. The molecule has 1 N–H and O–H groups in total. The van der Waals surface area contributed by atoms with E-state index in [2.05, 4.69) is 26.9 Å². The molecular formula is C20H23N5O3S. The van der Waals surface area contributed by atoms with E-state index in [-0.39, 0.29) is 11.7 Å². The van der Waals surface area contributed by atoms with Crippen LogP contribution in [0.3, 0.4) is 0 Å². The number of carbonyl (C=O) groups excluding carboxylic acids is 1. The lowest BCUT2D eigenvalue weighted by molar-refractivity contribution is -0.118. The summed E-state index contributed by atoms with van der Waals surface area (Å²) >= 11 is 1.29. The number of amides is 1. The largest absolute Gasteiger partial charge is 0.493 e. The van der Waals surface area contributed by atoms with Gasteiger partial charge in [-0.05, 0) is 53.6 Å². The predicted molar refractivity (Wildman–Crippen MR) is 111 cm³/mol. The van der Waals surface area contributed by atoms with Crippen molar-refractivity contribution in [3.8, 4) is 17.2 Å². The van der Waals surface area contributed by atoms with E-state index in [9.17, 15) is 4.79 Å². The maximum atomic E-state index is 12.3. The molecule has 9 heteroatoms. The van der Waals surface area contributed by atoms with Crippen LogP contribution in [-0.2, 0) is 11.3 Å². The van der Waals surface area contributed by atoms with Crippen molar-refractivity contribution in [3.05, 3.63) is 53.1 Å². The standard InChI is InChI=1S/C20H23N5O3S/c1-13-5-7-16(14(2)9-13)25-20(22-23-24-25)29-12-19(26)21-11-15-6-8-17(27-3)18(10-15)28-4/h5-10H,11-12H2,1-4H3,(H,21,26). The average molecular weight is 414 g/mol. The van der Waals surface area contributed by atoms with Crippen molar-refractivity contribution >= 4 is 17.7 Å². The van der Waals surface area contributed by atoms with Crippen molar-refractivity contribution in [1.82, 2.24) is 25.5 Å². The summed E-state index contributed by atoms with van der Waals surface area (Å²) in [6.07, 6.45) is 0. The maximum absolute atomic E-state index is 12.3. The van der Waals surface area contributed by atoms with Gasteiger partial charge >= 0.3 is 0 Å². The molecule has 1 aromatic heterocycles. The minimum atomic E-state index is -0.111. The number of nitrogens with zero attached hydrogens (tertiary/aromatic N) is 4. The average Bonchev–Trinajstić information content (AvgIpc) is 3.18. The summed E-state index contributed by atoms with van der Waals surface area (Å²) in [5.41, 5.74) is 4.05. The van der Waals surface area contributed by atoms with E-state index in [1.54, 1.807) is 18.9 Å². The first-order valence-electron chi connectivity index (χ1n) is 8.98. The first-order chi connectivity index (χ1) is 14.0. The van der Waals surface area contributed by atoms with Gasteiger partial charge in [0.25, 0.3) is 0 Å². The van der Waals surface area contributed by atoms with E-state index in [1.807, 2.05) is 44.2 Å². The lowest BCUT2D eigenvalue weighted by Crippen LogP contribution is -2.24. The molecule has 0 aliphatic heterocycles. The second kappa shape index (κ2) is 9.42. The van der Waals surface area contributed by atoms with Gasteiger partial charge < -0.3 is 14.8 Å². The number of methoxy groups -OCH3 is 2. The molecule has 1 amide bonds. The summed E-state index contributed by atoms with van der Waals surface area (Å²) in [6.45, 7) is 4.44. The van der Waals surface area contributed by atoms with Gasteiger partial charge in [0.1, 0.15) is 0 Å². The van der Waals surface area contributed by atoms with Crippen molar-refractivity contribution in [1.29, 1.82) is 0 Å². The summed E-state index contributed by atoms with van der Waals surface area (Å²) in [5, 5.41) is 15.3. The smallest absolute Gasteiger partial charge is 0.230 e. The molecule has 0 saturated heterocycles. The van der Waals surface area contributed by atoms with Gasteiger partial charge in [0.05, 0.1) is 25.7 Å². The van der Waals surface area contributed by atoms with Crippen molar-refractivity contribution in [3.63, 3.8) is 0 Å². The van der Waals surface area contributed by atoms with Crippen molar-refractivity contribution in [2.24, 2.45) is 0 Å². The van der Waals surface area contributed by atoms with Crippen LogP contribution in [0.4, 0.5) is 0 Å². The first kappa shape index (κ1) is 20.7. The van der Waals surface area contributed by atoms with E-state index in [1.165, 1.54) is 17.3 Å². The third-order valence-corrected chi connectivity index (χ3v) is 5.21. The molecule has 0 saturated carbocycles. The van der Waals surface area contributed by atoms with Gasteiger partial charge in [-0.2, -0.15) is 4.68 Å². The Kier molecular flexibility index (Phi) is 6.71. The van der Waals surface area contributed by atoms with E-state index < -0.39 is 0 Å². The quantitative estimate of drug-likeness (QED) is 0.568. The van der Waals surface area contributed by atoms with E-state index in [0.29, 0.717) is 23.2 Å². The Balaban J connectivity index is 1.59. The SMILES string of the molecule is COc1ccc(CNC(=O)CSc2nnnn2-c2ccc(C)cc2C)cc1OC. The van der Waals surface area contributed by atoms with Crippen LogP contribution in [0.1, 0.15) is 16.7 Å². The molecule has 0 atom stereocenters. The summed E-state index contributed by atoms with van der Waals surface area (Å²) < 4.78 is 12.2. The Hall–Kier alpha value is -3.07. The van der Waals surface area contributed by atoms with Crippen LogP contribution < -0.4 is 14.8 Å². The number of aromatic nitrogens is 4. The molecule has 3 aromatic rings. The molecule has 8 nitrogen and oxygen atoms in total. The molecule has 2 aromatic carbocycles. The van der Waals surface area contributed by atoms with Crippen molar-refractivity contribution < 1.29 is 14.3 Å². The molecule has 0 unspecified atom stereocenters. The van der Waals surface area contributed by atoms with Gasteiger partial charge in [0.15, 0.2) is 11.5 Å². The molecule has 0 aliphatic rings. The third kappa shape index (κ3) is 5.05. The Morgan fingerprint density at radius 3 is 2.62 bits per heavy atom. The zero-order valence-corrected chi connectivity index (χ0v) is 17.6. The molecule has 1 heterocycles. The molecule has 0 fully saturated rings. The highest BCUT2D eigenvalue weighted by Gasteiger charge is 2.13. The summed E-state index contributed by atoms with van der Waals surface area (Å²) in [4.78, 5) is 12.3. The fourth-order valence-electron chi connectivity index (χ4n) is 2.84. The third-order valence-electron chi connectivity index (χ3n) is 4.29. The van der Waals surface area contributed by atoms with Crippen LogP contribution in [0.25, 0.3) is 5.69 Å². The molecule has 152 valence electrons. The van der Waals surface area contributed by atoms with Crippen LogP contribution in [-0.4, -0.2) is 46.1 Å². The molecule has 0 aliphatic carbocycles. The monoisotopic (exact) mass is 413 g/mol. The predicted octanol–water partition coefficient (Wildman–Crippen LogP) is 2.70. The second-order valence-electron chi connectivity index (χ2n) is 6.42. The van der Waals surface area contributed by atoms with Gasteiger partial charge in [-0.15, -0.1) is 5.10 Å². The fraction of sp³-hybridized carbons (Fsp3) is 0.300. The number of thioether (sulfide) groups is 1. The Labute approximate surface area is 173 Å². The maximum Gasteiger partial charge on any atom is 0.230 e. The lowest BCUT2D eigenvalue weighted by Gasteiger charge is -2.10. The van der Waals surface area contributed by atoms with Gasteiger partial charge in [0.2, 0.25) is 11.1 Å². The zero-order chi connectivity index (χ0) is 20.8. The van der Waals surface area contributed by atoms with Crippen LogP contribution in [0.2, 0.25) is 0 Å². The van der Waals surface area contributed by atoms with Gasteiger partial charge in [-0.25, -0.2) is 0 Å². The molecule has 0 spiro atoms. The van der Waals surface area contributed by atoms with Crippen molar-refractivity contribution in [2.75, 3.05) is 20.0 Å². The highest BCUT2D eigenvalue weighted by molar-refractivity contribution is 7.99. The highest BCUT2D eigenvalue weighted by Crippen LogP contribution is 2.27. The number of carbonyl (C=O) groups is 1. The van der Waals surface area contributed by atoms with Crippen LogP contribution in [0.15, 0.2) is 41.6 Å². The van der Waals surface area contributed by atoms with Gasteiger partial charge in [-0.1, -0.05) is 35.5 Å². The number of ether oxygens (including phenoxy) is 2. The molecule has 0 radical (unpaired) electrons. The number of rotatable bonds is 8. The minimum Gasteiger partial charge on any atom is -0.493 e. The minimum absolute atomic E-state index is 0.111. The van der Waals surface area contributed by atoms with Gasteiger partial charge in [-0.3, -0.25) is 4.79 Å². The van der Waals surface area contributed by atoms with E-state index in [0.717, 1.165) is 16.8 Å². The Morgan fingerprint density at radius 1 is 1.10 bits per heavy atom. The summed E-state index contributed by atoms with van der Waals surface area (Å²) in [7, 11) is 3.17. The molecule has 3 rings (SSSR count). The van der Waals surface area contributed by atoms with Gasteiger partial charge in [0, 0.05) is 6.54 Å². The lowest BCUT2D eigenvalue weighted by atomic mass is 10.1. The molecular weight excluding hydrogens is 390 g/mol. The number of hydrogen-bond donors (Lipinski definition) is 1. The second-order valence-corrected chi connectivity index (χ2v) is 7.36. The van der Waals surface area contributed by atoms with Crippen molar-refractivity contribution in [2.45, 2.75) is 25.5 Å². The van der Waals surface area contributed by atoms with E-state index in [4.69, 9.17) is 9.47 Å². The van der Waals surface area contributed by atoms with Crippen LogP contribution >= 0.6 is 11.8 Å². The topological polar surface area (TPSA) is 91.2 Å². The Morgan fingerprint density at radius 2 is 1.90 bits per heavy atom. The van der Waals surface area contributed by atoms with E-state index >= 15 is 0 Å². The summed E-state index contributed by atoms with van der Waals surface area (Å²) in [6, 6.07) is 11.6. The van der Waals surface area contributed by atoms with Crippen LogP contribution in [0.5, 0.6) is 11.5 Å². The number of nitrogens with one attached hydrogen (secondary N) is 1. The Bertz CT molecular complexity index is 1010. The normalized spacial score (nSPS) is 10.6. The molecule has 0 bridgehead atoms. The number of tetrazole rings is 1. The highest BCUT2D eigenvalue weighted by atomic mass is 32.2. The fourth-order valence-corrected chi connectivity index (χ4v) is 3.55. The number of hydrogen-bond acceptors (Lipinski definition) is 7.